The van der Waals surface area contributed by atoms with Crippen molar-refractivity contribution in [2.24, 2.45) is 0 Å². The summed E-state index contributed by atoms with van der Waals surface area (Å²) in [5.74, 6) is -0.165. The van der Waals surface area contributed by atoms with Gasteiger partial charge in [-0.15, -0.1) is 0 Å². The van der Waals surface area contributed by atoms with Gasteiger partial charge in [0.1, 0.15) is 5.66 Å². The van der Waals surface area contributed by atoms with E-state index in [0.717, 1.165) is 5.69 Å². The lowest BCUT2D eigenvalue weighted by Gasteiger charge is -2.46. The molecule has 2 aliphatic heterocycles. The highest BCUT2D eigenvalue weighted by Gasteiger charge is 2.41. The van der Waals surface area contributed by atoms with Gasteiger partial charge in [-0.3, -0.25) is 4.79 Å². The highest BCUT2D eigenvalue weighted by Crippen LogP contribution is 2.34. The van der Waals surface area contributed by atoms with Crippen LogP contribution in [0.4, 0.5) is 10.5 Å². The molecule has 1 aromatic rings. The second-order valence-corrected chi connectivity index (χ2v) is 7.90. The van der Waals surface area contributed by atoms with E-state index >= 15 is 0 Å². The van der Waals surface area contributed by atoms with E-state index in [2.05, 4.69) is 16.0 Å². The summed E-state index contributed by atoms with van der Waals surface area (Å²) in [6.45, 7) is 7.02. The Balaban J connectivity index is 1.71. The lowest BCUT2D eigenvalue weighted by Crippen LogP contribution is -2.63. The molecule has 0 aliphatic carbocycles. The third kappa shape index (κ3) is 3.29. The summed E-state index contributed by atoms with van der Waals surface area (Å²) in [6, 6.07) is 5.33. The largest absolute Gasteiger partial charge is 0.362 e. The molecule has 130 valence electrons. The Bertz CT molecular complexity index is 676. The van der Waals surface area contributed by atoms with Crippen molar-refractivity contribution in [3.63, 3.8) is 0 Å². The summed E-state index contributed by atoms with van der Waals surface area (Å²) in [4.78, 5) is 26.5. The number of halogens is 1. The number of hydrogen-bond acceptors (Lipinski definition) is 3. The number of amides is 3. The lowest BCUT2D eigenvalue weighted by molar-refractivity contribution is 0.0846. The molecule has 0 saturated carbocycles. The van der Waals surface area contributed by atoms with Crippen LogP contribution in [0.5, 0.6) is 0 Å². The van der Waals surface area contributed by atoms with Crippen LogP contribution >= 0.6 is 11.6 Å². The van der Waals surface area contributed by atoms with Gasteiger partial charge in [-0.2, -0.15) is 0 Å². The first-order valence-corrected chi connectivity index (χ1v) is 8.53. The number of nitrogens with one attached hydrogen (secondary N) is 3. The summed E-state index contributed by atoms with van der Waals surface area (Å²) in [6.07, 6.45) is 1.28. The molecule has 2 aliphatic rings. The van der Waals surface area contributed by atoms with Crippen molar-refractivity contribution in [2.75, 3.05) is 18.4 Å². The zero-order chi connectivity index (χ0) is 17.5. The highest BCUT2D eigenvalue weighted by molar-refractivity contribution is 6.34. The van der Waals surface area contributed by atoms with Gasteiger partial charge < -0.3 is 20.9 Å². The number of piperidine rings is 1. The van der Waals surface area contributed by atoms with Gasteiger partial charge in [0.15, 0.2) is 0 Å². The predicted molar refractivity (Wildman–Crippen MR) is 94.4 cm³/mol. The third-order valence-corrected chi connectivity index (χ3v) is 4.67. The Hall–Kier alpha value is -1.95. The van der Waals surface area contributed by atoms with Crippen LogP contribution in [0.2, 0.25) is 5.02 Å². The molecule has 3 N–H and O–H groups in total. The average Bonchev–Trinajstić information content (AvgIpc) is 2.45. The fourth-order valence-corrected chi connectivity index (χ4v) is 3.43. The number of likely N-dealkylation sites (tertiary alicyclic amines) is 1. The Labute approximate surface area is 146 Å². The molecular weight excluding hydrogens is 328 g/mol. The van der Waals surface area contributed by atoms with Crippen LogP contribution in [0.25, 0.3) is 0 Å². The number of benzene rings is 1. The Morgan fingerprint density at radius 3 is 2.54 bits per heavy atom. The number of anilines is 1. The summed E-state index contributed by atoms with van der Waals surface area (Å²) in [7, 11) is 0. The lowest BCUT2D eigenvalue weighted by atomic mass is 9.92. The van der Waals surface area contributed by atoms with Crippen LogP contribution < -0.4 is 16.0 Å². The predicted octanol–water partition coefficient (Wildman–Crippen LogP) is 2.80. The maximum absolute atomic E-state index is 12.5. The molecule has 2 heterocycles. The molecule has 6 nitrogen and oxygen atoms in total. The van der Waals surface area contributed by atoms with Crippen molar-refractivity contribution in [1.82, 2.24) is 15.5 Å². The van der Waals surface area contributed by atoms with Crippen LogP contribution in [0, 0.1) is 0 Å². The first-order valence-electron chi connectivity index (χ1n) is 8.15. The van der Waals surface area contributed by atoms with Crippen molar-refractivity contribution in [2.45, 2.75) is 44.8 Å². The standard InChI is InChI=1S/C17H23ClN4O2/c1-16(2,3)21-15(24)22-9-7-17(8-10-22)19-12-6-4-5-11(18)13(12)14(23)20-17/h4-6,19H,7-10H2,1-3H3,(H,20,23)(H,21,24). The Kier molecular flexibility index (Phi) is 4.11. The van der Waals surface area contributed by atoms with Crippen LogP contribution in [0.1, 0.15) is 44.0 Å². The zero-order valence-corrected chi connectivity index (χ0v) is 15.0. The van der Waals surface area contributed by atoms with Gasteiger partial charge in [0.05, 0.1) is 16.3 Å². The van der Waals surface area contributed by atoms with Gasteiger partial charge in [0.25, 0.3) is 5.91 Å². The molecule has 1 aromatic carbocycles. The van der Waals surface area contributed by atoms with Gasteiger partial charge in [0.2, 0.25) is 0 Å². The second-order valence-electron chi connectivity index (χ2n) is 7.49. The smallest absolute Gasteiger partial charge is 0.317 e. The summed E-state index contributed by atoms with van der Waals surface area (Å²) in [5, 5.41) is 9.87. The van der Waals surface area contributed by atoms with Crippen LogP contribution in [0.3, 0.4) is 0 Å². The fourth-order valence-electron chi connectivity index (χ4n) is 3.17. The number of fused-ring (bicyclic) bond motifs is 1. The van der Waals surface area contributed by atoms with Crippen LogP contribution in [0.15, 0.2) is 18.2 Å². The van der Waals surface area contributed by atoms with E-state index in [0.29, 0.717) is 36.5 Å². The van der Waals surface area contributed by atoms with E-state index in [-0.39, 0.29) is 17.5 Å². The minimum atomic E-state index is -0.521. The first kappa shape index (κ1) is 16.9. The normalized spacial score (nSPS) is 19.3. The van der Waals surface area contributed by atoms with Gasteiger partial charge in [0, 0.05) is 31.5 Å². The molecule has 1 spiro atoms. The van der Waals surface area contributed by atoms with E-state index in [1.165, 1.54) is 0 Å². The van der Waals surface area contributed by atoms with Crippen molar-refractivity contribution in [3.8, 4) is 0 Å². The summed E-state index contributed by atoms with van der Waals surface area (Å²) < 4.78 is 0. The molecule has 1 saturated heterocycles. The van der Waals surface area contributed by atoms with E-state index in [9.17, 15) is 9.59 Å². The fraction of sp³-hybridized carbons (Fsp3) is 0.529. The van der Waals surface area contributed by atoms with E-state index in [1.807, 2.05) is 32.9 Å². The maximum Gasteiger partial charge on any atom is 0.317 e. The van der Waals surface area contributed by atoms with E-state index in [4.69, 9.17) is 11.6 Å². The molecule has 0 aromatic heterocycles. The Morgan fingerprint density at radius 1 is 1.25 bits per heavy atom. The van der Waals surface area contributed by atoms with Crippen molar-refractivity contribution in [1.29, 1.82) is 0 Å². The van der Waals surface area contributed by atoms with Crippen molar-refractivity contribution >= 4 is 29.2 Å². The van der Waals surface area contributed by atoms with Crippen molar-refractivity contribution < 1.29 is 9.59 Å². The van der Waals surface area contributed by atoms with Crippen LogP contribution in [-0.2, 0) is 0 Å². The monoisotopic (exact) mass is 350 g/mol. The number of urea groups is 1. The number of rotatable bonds is 0. The van der Waals surface area contributed by atoms with Gasteiger partial charge in [-0.05, 0) is 32.9 Å². The summed E-state index contributed by atoms with van der Waals surface area (Å²) in [5.41, 5.74) is 0.448. The quantitative estimate of drug-likeness (QED) is 0.673. The van der Waals surface area contributed by atoms with E-state index in [1.54, 1.807) is 11.0 Å². The molecule has 0 atom stereocenters. The molecule has 0 bridgehead atoms. The summed E-state index contributed by atoms with van der Waals surface area (Å²) >= 11 is 6.13. The molecule has 24 heavy (non-hydrogen) atoms. The first-order chi connectivity index (χ1) is 11.2. The average molecular weight is 351 g/mol. The number of carbonyl (C=O) groups is 2. The SMILES string of the molecule is CC(C)(C)NC(=O)N1CCC2(CC1)NC(=O)c1c(Cl)cccc1N2. The minimum absolute atomic E-state index is 0.0667. The maximum atomic E-state index is 12.5. The molecule has 1 fully saturated rings. The second kappa shape index (κ2) is 5.84. The Morgan fingerprint density at radius 2 is 1.92 bits per heavy atom. The highest BCUT2D eigenvalue weighted by atomic mass is 35.5. The molecule has 0 radical (unpaired) electrons. The zero-order valence-electron chi connectivity index (χ0n) is 14.2. The topological polar surface area (TPSA) is 73.5 Å². The number of hydrogen-bond donors (Lipinski definition) is 3. The number of carbonyl (C=O) groups excluding carboxylic acids is 2. The molecule has 7 heteroatoms. The van der Waals surface area contributed by atoms with Gasteiger partial charge in [-0.1, -0.05) is 17.7 Å². The molecule has 3 amide bonds. The molecule has 3 rings (SSSR count). The number of nitrogens with zero attached hydrogens (tertiary/aromatic N) is 1. The van der Waals surface area contributed by atoms with Crippen molar-refractivity contribution in [3.05, 3.63) is 28.8 Å². The third-order valence-electron chi connectivity index (χ3n) is 4.35. The van der Waals surface area contributed by atoms with Gasteiger partial charge in [-0.25, -0.2) is 4.79 Å². The molecule has 0 unspecified atom stereocenters. The van der Waals surface area contributed by atoms with Gasteiger partial charge >= 0.3 is 6.03 Å². The minimum Gasteiger partial charge on any atom is -0.362 e. The van der Waals surface area contributed by atoms with Crippen LogP contribution in [-0.4, -0.2) is 41.1 Å². The van der Waals surface area contributed by atoms with E-state index < -0.39 is 5.66 Å². The molecular formula is C17H23ClN4O2.